The quantitative estimate of drug-likeness (QED) is 0.252. The van der Waals surface area contributed by atoms with E-state index in [4.69, 9.17) is 0 Å². The maximum Gasteiger partial charge on any atom is 2.00 e. The van der Waals surface area contributed by atoms with Crippen molar-refractivity contribution in [3.63, 3.8) is 0 Å². The van der Waals surface area contributed by atoms with E-state index in [-0.39, 0.29) is 33.7 Å². The summed E-state index contributed by atoms with van der Waals surface area (Å²) in [4.78, 5) is 26.5. The summed E-state index contributed by atoms with van der Waals surface area (Å²) in [6.45, 7) is 0. The first-order chi connectivity index (χ1) is 17.6. The smallest absolute Gasteiger partial charge is 0.872 e. The monoisotopic (exact) mass is 528 g/mol. The molecule has 8 heteroatoms. The normalized spacial score (nSPS) is 11.7. The summed E-state index contributed by atoms with van der Waals surface area (Å²) in [5.41, 5.74) is 2.56. The van der Waals surface area contributed by atoms with Crippen molar-refractivity contribution in [2.75, 3.05) is 0 Å². The van der Waals surface area contributed by atoms with E-state index < -0.39 is 0 Å². The van der Waals surface area contributed by atoms with Crippen molar-refractivity contribution >= 4 is 56.4 Å². The Morgan fingerprint density at radius 1 is 0.622 bits per heavy atom. The van der Waals surface area contributed by atoms with Crippen LogP contribution in [0.25, 0.3) is 32.6 Å². The standard InChI is InChI=1S/C29H20N4O3.Ni/c34-27-11-9-17-5-1-3-7-19(17)21(27)15-30-23-13-25-26(33-29(36)32-25)14-24(23)31-16-22-20-8-4-2-6-18(20)10-12-28(22)35;/h1-16,34-35H,(H2,32,33,36);/q;+2/p-2. The first-order valence-electron chi connectivity index (χ1n) is 11.3. The molecule has 0 fully saturated rings. The third kappa shape index (κ3) is 4.50. The summed E-state index contributed by atoms with van der Waals surface area (Å²) in [5, 5.41) is 28.7. The third-order valence-corrected chi connectivity index (χ3v) is 6.14. The van der Waals surface area contributed by atoms with Crippen LogP contribution in [0.4, 0.5) is 11.4 Å². The van der Waals surface area contributed by atoms with Crippen LogP contribution in [0, 0.1) is 0 Å². The number of aliphatic imine (C=N–C) groups is 2. The molecule has 0 aliphatic rings. The number of imidazole rings is 1. The molecule has 5 aromatic carbocycles. The largest absolute Gasteiger partial charge is 2.00 e. The van der Waals surface area contributed by atoms with Crippen LogP contribution in [0.3, 0.4) is 0 Å². The van der Waals surface area contributed by atoms with Crippen LogP contribution in [-0.4, -0.2) is 22.4 Å². The van der Waals surface area contributed by atoms with E-state index in [2.05, 4.69) is 20.0 Å². The Hall–Kier alpha value is -4.68. The van der Waals surface area contributed by atoms with Crippen molar-refractivity contribution < 1.29 is 26.7 Å². The molecule has 6 aromatic rings. The fourth-order valence-electron chi connectivity index (χ4n) is 4.35. The molecular weight excluding hydrogens is 511 g/mol. The number of nitrogens with one attached hydrogen (secondary N) is 2. The fraction of sp³-hybridized carbons (Fsp3) is 0. The summed E-state index contributed by atoms with van der Waals surface area (Å²) >= 11 is 0. The molecule has 0 bridgehead atoms. The molecule has 6 rings (SSSR count). The zero-order chi connectivity index (χ0) is 24.6. The molecule has 0 amide bonds. The minimum absolute atomic E-state index is 0. The van der Waals surface area contributed by atoms with Crippen molar-refractivity contribution in [2.24, 2.45) is 9.98 Å². The van der Waals surface area contributed by atoms with Gasteiger partial charge in [-0.2, -0.15) is 0 Å². The second-order valence-corrected chi connectivity index (χ2v) is 8.38. The van der Waals surface area contributed by atoms with Gasteiger partial charge in [-0.05, 0) is 44.8 Å². The molecule has 37 heavy (non-hydrogen) atoms. The van der Waals surface area contributed by atoms with Gasteiger partial charge in [0.1, 0.15) is 0 Å². The Kier molecular flexibility index (Phi) is 6.34. The number of hydrogen-bond donors (Lipinski definition) is 2. The van der Waals surface area contributed by atoms with Gasteiger partial charge in [-0.3, -0.25) is 9.98 Å². The van der Waals surface area contributed by atoms with E-state index in [0.717, 1.165) is 21.5 Å². The number of hydrogen-bond acceptors (Lipinski definition) is 5. The first kappa shape index (κ1) is 24.0. The van der Waals surface area contributed by atoms with E-state index in [0.29, 0.717) is 33.5 Å². The summed E-state index contributed by atoms with van der Waals surface area (Å²) < 4.78 is 0. The summed E-state index contributed by atoms with van der Waals surface area (Å²) in [5.74, 6) is -0.296. The molecule has 0 aliphatic heterocycles. The molecule has 0 unspecified atom stereocenters. The SMILES string of the molecule is O=c1[nH]c2cc(N=Cc3c([O-])ccc4ccccc34)c(N=Cc3c([O-])ccc4ccccc34)cc2[nH]1.[Ni+2]. The Morgan fingerprint density at radius 2 is 1.05 bits per heavy atom. The summed E-state index contributed by atoms with van der Waals surface area (Å²) in [6, 6.07) is 25.2. The van der Waals surface area contributed by atoms with Crippen LogP contribution < -0.4 is 15.9 Å². The van der Waals surface area contributed by atoms with Gasteiger partial charge in [-0.25, -0.2) is 4.79 Å². The third-order valence-electron chi connectivity index (χ3n) is 6.14. The molecular formula is C29H18N4NiO3. The first-order valence-corrected chi connectivity index (χ1v) is 11.3. The Balaban J connectivity index is 0.00000280. The van der Waals surface area contributed by atoms with Gasteiger partial charge in [0.25, 0.3) is 0 Å². The average molecular weight is 529 g/mol. The van der Waals surface area contributed by atoms with Gasteiger partial charge in [0.2, 0.25) is 0 Å². The number of nitrogens with zero attached hydrogens (tertiary/aromatic N) is 2. The topological polar surface area (TPSA) is 119 Å². The Labute approximate surface area is 220 Å². The number of aromatic nitrogens is 2. The molecule has 0 aliphatic carbocycles. The van der Waals surface area contributed by atoms with Crippen molar-refractivity contribution in [2.45, 2.75) is 0 Å². The molecule has 1 heterocycles. The van der Waals surface area contributed by atoms with Gasteiger partial charge in [0.15, 0.2) is 0 Å². The number of aromatic amines is 2. The van der Waals surface area contributed by atoms with Crippen LogP contribution in [0.15, 0.2) is 99.7 Å². The minimum atomic E-state index is -0.354. The van der Waals surface area contributed by atoms with E-state index in [1.165, 1.54) is 24.6 Å². The van der Waals surface area contributed by atoms with Crippen molar-refractivity contribution in [3.8, 4) is 11.5 Å². The van der Waals surface area contributed by atoms with Crippen molar-refractivity contribution in [3.05, 3.63) is 107 Å². The molecule has 2 N–H and O–H groups in total. The zero-order valence-electron chi connectivity index (χ0n) is 19.2. The second-order valence-electron chi connectivity index (χ2n) is 8.38. The van der Waals surface area contributed by atoms with E-state index in [1.807, 2.05) is 48.5 Å². The minimum Gasteiger partial charge on any atom is -0.872 e. The predicted octanol–water partition coefficient (Wildman–Crippen LogP) is 4.81. The summed E-state index contributed by atoms with van der Waals surface area (Å²) in [6.07, 6.45) is 3.04. The summed E-state index contributed by atoms with van der Waals surface area (Å²) in [7, 11) is 0. The molecule has 1 aromatic heterocycles. The Morgan fingerprint density at radius 3 is 1.51 bits per heavy atom. The van der Waals surface area contributed by atoms with Crippen LogP contribution in [0.1, 0.15) is 11.1 Å². The average Bonchev–Trinajstić information content (AvgIpc) is 3.26. The second kappa shape index (κ2) is 9.76. The zero-order valence-corrected chi connectivity index (χ0v) is 20.2. The maximum atomic E-state index is 12.6. The Bertz CT molecular complexity index is 1770. The van der Waals surface area contributed by atoms with Crippen LogP contribution in [0.5, 0.6) is 11.5 Å². The molecule has 0 spiro atoms. The predicted molar refractivity (Wildman–Crippen MR) is 140 cm³/mol. The van der Waals surface area contributed by atoms with Gasteiger partial charge in [0, 0.05) is 12.4 Å². The van der Waals surface area contributed by atoms with Gasteiger partial charge >= 0.3 is 22.2 Å². The fourth-order valence-corrected chi connectivity index (χ4v) is 4.35. The molecule has 0 saturated carbocycles. The van der Waals surface area contributed by atoms with Gasteiger partial charge < -0.3 is 20.2 Å². The van der Waals surface area contributed by atoms with Crippen LogP contribution in [0.2, 0.25) is 0 Å². The van der Waals surface area contributed by atoms with Gasteiger partial charge in [-0.15, -0.1) is 0 Å². The molecule has 7 nitrogen and oxygen atoms in total. The number of rotatable bonds is 4. The number of H-pyrrole nitrogens is 2. The van der Waals surface area contributed by atoms with E-state index in [9.17, 15) is 15.0 Å². The number of fused-ring (bicyclic) bond motifs is 3. The van der Waals surface area contributed by atoms with Crippen molar-refractivity contribution in [1.82, 2.24) is 9.97 Å². The van der Waals surface area contributed by atoms with Crippen LogP contribution >= 0.6 is 0 Å². The van der Waals surface area contributed by atoms with E-state index >= 15 is 0 Å². The molecule has 182 valence electrons. The molecule has 0 saturated heterocycles. The van der Waals surface area contributed by atoms with Crippen LogP contribution in [-0.2, 0) is 16.5 Å². The maximum absolute atomic E-state index is 12.6. The van der Waals surface area contributed by atoms with Gasteiger partial charge in [0.05, 0.1) is 22.4 Å². The van der Waals surface area contributed by atoms with Crippen molar-refractivity contribution in [1.29, 1.82) is 0 Å². The molecule has 0 radical (unpaired) electrons. The molecule has 0 atom stereocenters. The number of benzene rings is 5. The van der Waals surface area contributed by atoms with Gasteiger partial charge in [-0.1, -0.05) is 84.3 Å². The van der Waals surface area contributed by atoms with E-state index in [1.54, 1.807) is 24.3 Å².